The van der Waals surface area contributed by atoms with Crippen molar-refractivity contribution < 1.29 is 19.8 Å². The molecule has 0 heterocycles. The maximum absolute atomic E-state index is 11.4. The van der Waals surface area contributed by atoms with E-state index < -0.39 is 23.8 Å². The van der Waals surface area contributed by atoms with Gasteiger partial charge in [-0.15, -0.1) is 0 Å². The van der Waals surface area contributed by atoms with Gasteiger partial charge in [0.15, 0.2) is 0 Å². The number of rotatable bonds is 3. The molecule has 0 aromatic heterocycles. The Hall–Kier alpha value is -1.58. The van der Waals surface area contributed by atoms with E-state index in [1.165, 1.54) is 0 Å². The molecule has 2 N–H and O–H groups in total. The highest BCUT2D eigenvalue weighted by Crippen LogP contribution is 2.39. The van der Waals surface area contributed by atoms with Gasteiger partial charge in [-0.1, -0.05) is 30.2 Å². The molecule has 4 heteroatoms. The number of hydrogen-bond donors (Lipinski definition) is 2. The van der Waals surface area contributed by atoms with Crippen LogP contribution in [0.4, 0.5) is 0 Å². The summed E-state index contributed by atoms with van der Waals surface area (Å²) in [5.41, 5.74) is 1.94. The molecule has 0 fully saturated rings. The molecule has 4 atom stereocenters. The normalized spacial score (nSPS) is 31.4. The minimum absolute atomic E-state index is 0.245. The number of hydrogen-bond acceptors (Lipinski definition) is 2. The van der Waals surface area contributed by atoms with E-state index in [1.807, 2.05) is 32.9 Å². The largest absolute Gasteiger partial charge is 0.481 e. The first-order valence-corrected chi connectivity index (χ1v) is 6.04. The van der Waals surface area contributed by atoms with E-state index in [0.717, 1.165) is 11.1 Å². The quantitative estimate of drug-likeness (QED) is 0.757. The topological polar surface area (TPSA) is 74.6 Å². The van der Waals surface area contributed by atoms with Crippen LogP contribution in [-0.4, -0.2) is 22.2 Å². The maximum atomic E-state index is 11.4. The van der Waals surface area contributed by atoms with Gasteiger partial charge in [-0.3, -0.25) is 9.59 Å². The van der Waals surface area contributed by atoms with Crippen molar-refractivity contribution in [2.75, 3.05) is 0 Å². The summed E-state index contributed by atoms with van der Waals surface area (Å²) in [5.74, 6) is -4.42. The second-order valence-corrected chi connectivity index (χ2v) is 5.25. The molecule has 0 aromatic rings. The predicted octanol–water partition coefficient (Wildman–Crippen LogP) is 2.57. The highest BCUT2D eigenvalue weighted by molar-refractivity contribution is 5.82. The lowest BCUT2D eigenvalue weighted by molar-refractivity contribution is -0.157. The fraction of sp³-hybridized carbons (Fsp3) is 0.571. The summed E-state index contributed by atoms with van der Waals surface area (Å²) in [7, 11) is 0. The Balaban J connectivity index is 3.29. The monoisotopic (exact) mass is 252 g/mol. The molecule has 0 saturated heterocycles. The molecule has 1 aliphatic rings. The molecule has 1 rings (SSSR count). The van der Waals surface area contributed by atoms with E-state index in [0.29, 0.717) is 0 Å². The minimum atomic E-state index is -1.04. The standard InChI is InChI=1S/C14H20O4/c1-7(2)5-10-6-8(3)9(4)11(13(15)16)12(10)14(17)18/h5-6,9-12H,1-4H3,(H,15,16)(H,17,18)/t9-,10+,11+,12-/m1/s1. The number of carboxylic acid groups (broad SMARTS) is 2. The Morgan fingerprint density at radius 3 is 2.06 bits per heavy atom. The van der Waals surface area contributed by atoms with E-state index in [9.17, 15) is 19.8 Å². The Morgan fingerprint density at radius 1 is 1.17 bits per heavy atom. The third-order valence-electron chi connectivity index (χ3n) is 3.61. The van der Waals surface area contributed by atoms with Crippen molar-refractivity contribution in [3.8, 4) is 0 Å². The van der Waals surface area contributed by atoms with Gasteiger partial charge in [-0.2, -0.15) is 0 Å². The molecule has 0 spiro atoms. The SMILES string of the molecule is CC(C)=C[C@H]1C=C(C)[C@@H](C)[C@H](C(=O)O)[C@@H]1C(=O)O. The van der Waals surface area contributed by atoms with Crippen molar-refractivity contribution in [1.82, 2.24) is 0 Å². The molecule has 0 bridgehead atoms. The predicted molar refractivity (Wildman–Crippen MR) is 68.1 cm³/mol. The van der Waals surface area contributed by atoms with Gasteiger partial charge in [0.05, 0.1) is 11.8 Å². The van der Waals surface area contributed by atoms with Crippen LogP contribution in [0.5, 0.6) is 0 Å². The van der Waals surface area contributed by atoms with Crippen molar-refractivity contribution in [2.24, 2.45) is 23.7 Å². The van der Waals surface area contributed by atoms with Gasteiger partial charge in [-0.05, 0) is 26.7 Å². The van der Waals surface area contributed by atoms with Gasteiger partial charge >= 0.3 is 11.9 Å². The summed E-state index contributed by atoms with van der Waals surface area (Å²) in [4.78, 5) is 22.7. The first-order chi connectivity index (χ1) is 8.25. The minimum Gasteiger partial charge on any atom is -0.481 e. The summed E-state index contributed by atoms with van der Waals surface area (Å²) < 4.78 is 0. The second kappa shape index (κ2) is 5.38. The van der Waals surface area contributed by atoms with E-state index in [1.54, 1.807) is 6.92 Å². The molecule has 0 radical (unpaired) electrons. The fourth-order valence-corrected chi connectivity index (χ4v) is 2.62. The fourth-order valence-electron chi connectivity index (χ4n) is 2.62. The third kappa shape index (κ3) is 2.81. The number of carbonyl (C=O) groups is 2. The van der Waals surface area contributed by atoms with Crippen molar-refractivity contribution >= 4 is 11.9 Å². The first-order valence-electron chi connectivity index (χ1n) is 6.04. The zero-order valence-corrected chi connectivity index (χ0v) is 11.2. The third-order valence-corrected chi connectivity index (χ3v) is 3.61. The summed E-state index contributed by atoms with van der Waals surface area (Å²) in [5, 5.41) is 18.6. The van der Waals surface area contributed by atoms with E-state index in [2.05, 4.69) is 0 Å². The lowest BCUT2D eigenvalue weighted by Gasteiger charge is -2.35. The van der Waals surface area contributed by atoms with Gasteiger partial charge in [0.2, 0.25) is 0 Å². The van der Waals surface area contributed by atoms with Crippen LogP contribution in [-0.2, 0) is 9.59 Å². The van der Waals surface area contributed by atoms with Crippen LogP contribution in [0.25, 0.3) is 0 Å². The number of carboxylic acids is 2. The van der Waals surface area contributed by atoms with Crippen LogP contribution in [0.3, 0.4) is 0 Å². The van der Waals surface area contributed by atoms with Crippen LogP contribution >= 0.6 is 0 Å². The molecule has 18 heavy (non-hydrogen) atoms. The van der Waals surface area contributed by atoms with Crippen LogP contribution in [0.1, 0.15) is 27.7 Å². The molecule has 0 saturated carbocycles. The number of aliphatic carboxylic acids is 2. The molecule has 4 nitrogen and oxygen atoms in total. The van der Waals surface area contributed by atoms with Crippen LogP contribution < -0.4 is 0 Å². The van der Waals surface area contributed by atoms with Gasteiger partial charge in [0, 0.05) is 5.92 Å². The highest BCUT2D eigenvalue weighted by atomic mass is 16.4. The second-order valence-electron chi connectivity index (χ2n) is 5.25. The smallest absolute Gasteiger partial charge is 0.308 e. The average Bonchev–Trinajstić information content (AvgIpc) is 2.20. The van der Waals surface area contributed by atoms with Crippen LogP contribution in [0.15, 0.2) is 23.3 Å². The van der Waals surface area contributed by atoms with E-state index in [4.69, 9.17) is 0 Å². The molecule has 1 aliphatic carbocycles. The van der Waals surface area contributed by atoms with Gasteiger partial charge < -0.3 is 10.2 Å². The van der Waals surface area contributed by atoms with Crippen LogP contribution in [0, 0.1) is 23.7 Å². The Labute approximate surface area is 107 Å². The molecular weight excluding hydrogens is 232 g/mol. The molecule has 0 aromatic carbocycles. The summed E-state index contributed by atoms with van der Waals surface area (Å²) in [6.45, 7) is 7.41. The molecule has 0 amide bonds. The Kier molecular flexibility index (Phi) is 4.33. The Morgan fingerprint density at radius 2 is 1.67 bits per heavy atom. The molecule has 0 aliphatic heterocycles. The molecule has 0 unspecified atom stereocenters. The highest BCUT2D eigenvalue weighted by Gasteiger charge is 2.44. The van der Waals surface area contributed by atoms with Gasteiger partial charge in [0.1, 0.15) is 0 Å². The lowest BCUT2D eigenvalue weighted by atomic mass is 9.67. The Bertz CT molecular complexity index is 416. The summed E-state index contributed by atoms with van der Waals surface area (Å²) in [6, 6.07) is 0. The lowest BCUT2D eigenvalue weighted by Crippen LogP contribution is -2.41. The molecular formula is C14H20O4. The average molecular weight is 252 g/mol. The first kappa shape index (κ1) is 14.5. The van der Waals surface area contributed by atoms with E-state index in [-0.39, 0.29) is 11.8 Å². The summed E-state index contributed by atoms with van der Waals surface area (Å²) >= 11 is 0. The van der Waals surface area contributed by atoms with Crippen molar-refractivity contribution in [3.63, 3.8) is 0 Å². The van der Waals surface area contributed by atoms with Crippen LogP contribution in [0.2, 0.25) is 0 Å². The van der Waals surface area contributed by atoms with E-state index >= 15 is 0 Å². The van der Waals surface area contributed by atoms with Gasteiger partial charge in [-0.25, -0.2) is 0 Å². The van der Waals surface area contributed by atoms with Gasteiger partial charge in [0.25, 0.3) is 0 Å². The maximum Gasteiger partial charge on any atom is 0.308 e. The van der Waals surface area contributed by atoms with Crippen molar-refractivity contribution in [2.45, 2.75) is 27.7 Å². The zero-order chi connectivity index (χ0) is 14.0. The molecule has 100 valence electrons. The zero-order valence-electron chi connectivity index (χ0n) is 11.2. The number of allylic oxidation sites excluding steroid dienone is 4. The van der Waals surface area contributed by atoms with Crippen molar-refractivity contribution in [1.29, 1.82) is 0 Å². The summed E-state index contributed by atoms with van der Waals surface area (Å²) in [6.07, 6.45) is 3.72. The van der Waals surface area contributed by atoms with Crippen molar-refractivity contribution in [3.05, 3.63) is 23.3 Å².